The van der Waals surface area contributed by atoms with Crippen LogP contribution in [-0.2, 0) is 14.8 Å². The van der Waals surface area contributed by atoms with Gasteiger partial charge < -0.3 is 10.1 Å². The molecule has 0 aliphatic carbocycles. The molecule has 2 atom stereocenters. The Morgan fingerprint density at radius 3 is 2.21 bits per heavy atom. The lowest BCUT2D eigenvalue weighted by Gasteiger charge is -2.30. The maximum Gasteiger partial charge on any atom is 0.244 e. The topological polar surface area (TPSA) is 75.7 Å². The summed E-state index contributed by atoms with van der Waals surface area (Å²) in [5.41, 5.74) is 4.38. The molecule has 29 heavy (non-hydrogen) atoms. The second kappa shape index (κ2) is 8.86. The molecule has 6 nitrogen and oxygen atoms in total. The normalized spacial score (nSPS) is 13.5. The SMILES string of the molecule is COc1ccc(C)cc1N(C(C)C(=O)NC(C)c1cc(C)ccc1C)S(C)(=O)=O. The van der Waals surface area contributed by atoms with Crippen molar-refractivity contribution < 1.29 is 17.9 Å². The van der Waals surface area contributed by atoms with Crippen molar-refractivity contribution in [3.05, 3.63) is 58.7 Å². The number of rotatable bonds is 7. The van der Waals surface area contributed by atoms with E-state index in [0.717, 1.165) is 32.8 Å². The summed E-state index contributed by atoms with van der Waals surface area (Å²) in [5, 5.41) is 2.95. The number of amides is 1. The first-order valence-corrected chi connectivity index (χ1v) is 11.3. The van der Waals surface area contributed by atoms with Crippen LogP contribution in [0.5, 0.6) is 5.75 Å². The molecule has 0 aliphatic rings. The van der Waals surface area contributed by atoms with Crippen LogP contribution < -0.4 is 14.4 Å². The second-order valence-corrected chi connectivity index (χ2v) is 9.36. The number of hydrogen-bond acceptors (Lipinski definition) is 4. The van der Waals surface area contributed by atoms with E-state index in [1.54, 1.807) is 19.1 Å². The Balaban J connectivity index is 2.37. The van der Waals surface area contributed by atoms with Crippen LogP contribution in [0.1, 0.15) is 42.1 Å². The molecule has 2 rings (SSSR count). The Kier molecular flexibility index (Phi) is 6.95. The molecule has 0 heterocycles. The van der Waals surface area contributed by atoms with Crippen LogP contribution >= 0.6 is 0 Å². The molecule has 0 spiro atoms. The summed E-state index contributed by atoms with van der Waals surface area (Å²) in [4.78, 5) is 13.0. The van der Waals surface area contributed by atoms with Gasteiger partial charge in [-0.2, -0.15) is 0 Å². The zero-order valence-corrected chi connectivity index (χ0v) is 18.9. The Bertz CT molecular complexity index is 1000. The fourth-order valence-corrected chi connectivity index (χ4v) is 4.56. The molecule has 2 unspecified atom stereocenters. The molecule has 0 bridgehead atoms. The largest absolute Gasteiger partial charge is 0.495 e. The van der Waals surface area contributed by atoms with E-state index in [4.69, 9.17) is 4.74 Å². The average Bonchev–Trinajstić information content (AvgIpc) is 2.62. The van der Waals surface area contributed by atoms with Gasteiger partial charge in [0, 0.05) is 0 Å². The molecule has 2 aromatic carbocycles. The number of nitrogens with one attached hydrogen (secondary N) is 1. The zero-order valence-electron chi connectivity index (χ0n) is 18.1. The minimum atomic E-state index is -3.73. The first-order valence-electron chi connectivity index (χ1n) is 9.47. The number of nitrogens with zero attached hydrogens (tertiary/aromatic N) is 1. The third-order valence-corrected chi connectivity index (χ3v) is 6.15. The molecule has 1 amide bonds. The van der Waals surface area contributed by atoms with E-state index in [1.165, 1.54) is 7.11 Å². The van der Waals surface area contributed by atoms with E-state index in [-0.39, 0.29) is 11.9 Å². The molecule has 0 saturated carbocycles. The summed E-state index contributed by atoms with van der Waals surface area (Å²) in [6.45, 7) is 9.31. The lowest BCUT2D eigenvalue weighted by atomic mass is 10.00. The first kappa shape index (κ1) is 22.7. The summed E-state index contributed by atoms with van der Waals surface area (Å²) < 4.78 is 31.7. The van der Waals surface area contributed by atoms with E-state index < -0.39 is 16.1 Å². The number of sulfonamides is 1. The van der Waals surface area contributed by atoms with Gasteiger partial charge in [-0.1, -0.05) is 29.8 Å². The fourth-order valence-electron chi connectivity index (χ4n) is 3.39. The van der Waals surface area contributed by atoms with Gasteiger partial charge in [-0.3, -0.25) is 9.10 Å². The molecule has 0 aliphatic heterocycles. The Labute approximate surface area is 173 Å². The van der Waals surface area contributed by atoms with E-state index in [9.17, 15) is 13.2 Å². The average molecular weight is 419 g/mol. The summed E-state index contributed by atoms with van der Waals surface area (Å²) in [6.07, 6.45) is 1.09. The van der Waals surface area contributed by atoms with Gasteiger partial charge in [0.05, 0.1) is 25.1 Å². The summed E-state index contributed by atoms with van der Waals surface area (Å²) >= 11 is 0. The zero-order chi connectivity index (χ0) is 21.9. The highest BCUT2D eigenvalue weighted by Gasteiger charge is 2.32. The van der Waals surface area contributed by atoms with Crippen LogP contribution in [0.3, 0.4) is 0 Å². The lowest BCUT2D eigenvalue weighted by Crippen LogP contribution is -2.48. The van der Waals surface area contributed by atoms with E-state index in [1.807, 2.05) is 52.0 Å². The molecule has 158 valence electrons. The molecule has 0 aromatic heterocycles. The number of ether oxygens (including phenoxy) is 1. The van der Waals surface area contributed by atoms with Crippen LogP contribution in [0.4, 0.5) is 5.69 Å². The predicted molar refractivity (Wildman–Crippen MR) is 117 cm³/mol. The van der Waals surface area contributed by atoms with Crippen molar-refractivity contribution in [1.82, 2.24) is 5.32 Å². The van der Waals surface area contributed by atoms with Crippen LogP contribution in [0.15, 0.2) is 36.4 Å². The highest BCUT2D eigenvalue weighted by atomic mass is 32.2. The highest BCUT2D eigenvalue weighted by molar-refractivity contribution is 7.92. The lowest BCUT2D eigenvalue weighted by molar-refractivity contribution is -0.122. The van der Waals surface area contributed by atoms with Crippen molar-refractivity contribution in [2.75, 3.05) is 17.7 Å². The quantitative estimate of drug-likeness (QED) is 0.745. The second-order valence-electron chi connectivity index (χ2n) is 7.50. The minimum absolute atomic E-state index is 0.259. The van der Waals surface area contributed by atoms with Crippen molar-refractivity contribution in [2.24, 2.45) is 0 Å². The van der Waals surface area contributed by atoms with E-state index in [2.05, 4.69) is 5.32 Å². The Hall–Kier alpha value is -2.54. The Morgan fingerprint density at radius 1 is 1.03 bits per heavy atom. The predicted octanol–water partition coefficient (Wildman–Crippen LogP) is 3.65. The number of anilines is 1. The number of hydrogen-bond donors (Lipinski definition) is 1. The third-order valence-electron chi connectivity index (χ3n) is 4.92. The molecule has 0 fully saturated rings. The van der Waals surface area contributed by atoms with Crippen molar-refractivity contribution in [3.63, 3.8) is 0 Å². The van der Waals surface area contributed by atoms with Crippen LogP contribution in [0, 0.1) is 20.8 Å². The van der Waals surface area contributed by atoms with Gasteiger partial charge in [-0.25, -0.2) is 8.42 Å². The summed E-state index contributed by atoms with van der Waals surface area (Å²) in [6, 6.07) is 10.1. The Morgan fingerprint density at radius 2 is 1.62 bits per heavy atom. The highest BCUT2D eigenvalue weighted by Crippen LogP contribution is 2.33. The monoisotopic (exact) mass is 418 g/mol. The van der Waals surface area contributed by atoms with Crippen molar-refractivity contribution in [1.29, 1.82) is 0 Å². The fraction of sp³-hybridized carbons (Fsp3) is 0.409. The number of aryl methyl sites for hydroxylation is 3. The number of carbonyl (C=O) groups is 1. The van der Waals surface area contributed by atoms with Gasteiger partial charge in [-0.15, -0.1) is 0 Å². The van der Waals surface area contributed by atoms with Crippen molar-refractivity contribution in [3.8, 4) is 5.75 Å². The molecule has 7 heteroatoms. The van der Waals surface area contributed by atoms with Gasteiger partial charge in [-0.05, 0) is 63.4 Å². The van der Waals surface area contributed by atoms with E-state index >= 15 is 0 Å². The van der Waals surface area contributed by atoms with Crippen LogP contribution in [0.2, 0.25) is 0 Å². The van der Waals surface area contributed by atoms with Crippen molar-refractivity contribution >= 4 is 21.6 Å². The molecule has 2 aromatic rings. The molecule has 1 N–H and O–H groups in total. The number of methoxy groups -OCH3 is 1. The van der Waals surface area contributed by atoms with Gasteiger partial charge in [0.1, 0.15) is 11.8 Å². The van der Waals surface area contributed by atoms with Gasteiger partial charge in [0.25, 0.3) is 0 Å². The third kappa shape index (κ3) is 5.29. The smallest absolute Gasteiger partial charge is 0.244 e. The molecule has 0 radical (unpaired) electrons. The number of benzene rings is 2. The molecule has 0 saturated heterocycles. The first-order chi connectivity index (χ1) is 13.5. The summed E-state index contributed by atoms with van der Waals surface area (Å²) in [5.74, 6) is 0.00985. The van der Waals surface area contributed by atoms with Crippen molar-refractivity contribution in [2.45, 2.75) is 46.7 Å². The maximum absolute atomic E-state index is 13.0. The van der Waals surface area contributed by atoms with Gasteiger partial charge in [0.15, 0.2) is 0 Å². The minimum Gasteiger partial charge on any atom is -0.495 e. The molecular formula is C22H30N2O4S. The van der Waals surface area contributed by atoms with Crippen LogP contribution in [-0.4, -0.2) is 33.7 Å². The van der Waals surface area contributed by atoms with Gasteiger partial charge >= 0.3 is 0 Å². The maximum atomic E-state index is 13.0. The number of carbonyl (C=O) groups excluding carboxylic acids is 1. The van der Waals surface area contributed by atoms with Crippen LogP contribution in [0.25, 0.3) is 0 Å². The van der Waals surface area contributed by atoms with E-state index in [0.29, 0.717) is 11.4 Å². The summed E-state index contributed by atoms with van der Waals surface area (Å²) in [7, 11) is -2.26. The standard InChI is InChI=1S/C22H30N2O4S/c1-14-8-10-16(3)19(12-14)17(4)23-22(25)18(5)24(29(7,26)27)20-13-15(2)9-11-21(20)28-6/h8-13,17-18H,1-7H3,(H,23,25). The van der Waals surface area contributed by atoms with Gasteiger partial charge in [0.2, 0.25) is 15.9 Å². The molecular weight excluding hydrogens is 388 g/mol.